The number of nitrogens with two attached hydrogens (primary N) is 1. The lowest BCUT2D eigenvalue weighted by Gasteiger charge is -2.29. The van der Waals surface area contributed by atoms with Crippen molar-refractivity contribution in [3.8, 4) is 11.4 Å². The zero-order chi connectivity index (χ0) is 14.8. The number of benzene rings is 1. The van der Waals surface area contributed by atoms with Crippen molar-refractivity contribution in [3.63, 3.8) is 0 Å². The molecule has 1 aliphatic heterocycles. The van der Waals surface area contributed by atoms with Crippen LogP contribution in [-0.4, -0.2) is 35.2 Å². The van der Waals surface area contributed by atoms with E-state index in [0.717, 1.165) is 23.1 Å². The number of hydrogen-bond acceptors (Lipinski definition) is 5. The Morgan fingerprint density at radius 1 is 1.38 bits per heavy atom. The van der Waals surface area contributed by atoms with Crippen LogP contribution < -0.4 is 5.73 Å². The maximum atomic E-state index is 5.49. The van der Waals surface area contributed by atoms with Crippen LogP contribution in [0.1, 0.15) is 30.2 Å². The first-order chi connectivity index (χ1) is 10.2. The third kappa shape index (κ3) is 3.17. The summed E-state index contributed by atoms with van der Waals surface area (Å²) >= 11 is 3.69. The predicted molar refractivity (Wildman–Crippen MR) is 84.8 cm³/mol. The van der Waals surface area contributed by atoms with Crippen LogP contribution in [-0.2, 0) is 6.54 Å². The minimum atomic E-state index is 0.266. The van der Waals surface area contributed by atoms with Gasteiger partial charge in [-0.05, 0) is 50.5 Å². The van der Waals surface area contributed by atoms with Crippen LogP contribution in [0.15, 0.2) is 27.2 Å². The molecular formula is C15H19BrN4O. The summed E-state index contributed by atoms with van der Waals surface area (Å²) in [5.41, 5.74) is 7.81. The van der Waals surface area contributed by atoms with Crippen molar-refractivity contribution in [1.82, 2.24) is 15.0 Å². The van der Waals surface area contributed by atoms with E-state index in [1.165, 1.54) is 18.4 Å². The standard InChI is InChI=1S/C15H19BrN4O/c1-20-6-4-10(5-7-20)12-3-2-11(8-13(12)16)15-18-14(9-17)21-19-15/h2-3,8,10H,4-7,9,17H2,1H3. The van der Waals surface area contributed by atoms with Crippen molar-refractivity contribution in [2.75, 3.05) is 20.1 Å². The molecule has 2 N–H and O–H groups in total. The molecule has 0 aliphatic carbocycles. The summed E-state index contributed by atoms with van der Waals surface area (Å²) in [6.07, 6.45) is 2.40. The average Bonchev–Trinajstić information content (AvgIpc) is 2.97. The Bertz CT molecular complexity index is 620. The van der Waals surface area contributed by atoms with Crippen molar-refractivity contribution >= 4 is 15.9 Å². The second-order valence-corrected chi connectivity index (χ2v) is 6.38. The molecule has 5 nitrogen and oxygen atoms in total. The maximum Gasteiger partial charge on any atom is 0.240 e. The fourth-order valence-corrected chi connectivity index (χ4v) is 3.47. The van der Waals surface area contributed by atoms with Gasteiger partial charge in [-0.25, -0.2) is 0 Å². The van der Waals surface area contributed by atoms with Crippen LogP contribution in [0, 0.1) is 0 Å². The van der Waals surface area contributed by atoms with Crippen LogP contribution in [0.4, 0.5) is 0 Å². The second-order valence-electron chi connectivity index (χ2n) is 5.53. The molecule has 0 unspecified atom stereocenters. The van der Waals surface area contributed by atoms with Gasteiger partial charge in [0.2, 0.25) is 11.7 Å². The molecule has 0 spiro atoms. The van der Waals surface area contributed by atoms with Gasteiger partial charge in [0.25, 0.3) is 0 Å². The number of aromatic nitrogens is 2. The fraction of sp³-hybridized carbons (Fsp3) is 0.467. The molecule has 0 atom stereocenters. The largest absolute Gasteiger partial charge is 0.338 e. The number of halogens is 1. The van der Waals surface area contributed by atoms with Crippen LogP contribution in [0.3, 0.4) is 0 Å². The molecule has 2 aromatic rings. The minimum absolute atomic E-state index is 0.266. The SMILES string of the molecule is CN1CCC(c2ccc(-c3noc(CN)n3)cc2Br)CC1. The highest BCUT2D eigenvalue weighted by atomic mass is 79.9. The van der Waals surface area contributed by atoms with Gasteiger partial charge in [0.05, 0.1) is 6.54 Å². The molecule has 1 aliphatic rings. The van der Waals surface area contributed by atoms with Gasteiger partial charge in [0.1, 0.15) is 0 Å². The van der Waals surface area contributed by atoms with E-state index in [2.05, 4.69) is 56.2 Å². The topological polar surface area (TPSA) is 68.2 Å². The molecule has 0 saturated carbocycles. The van der Waals surface area contributed by atoms with Crippen LogP contribution >= 0.6 is 15.9 Å². The molecule has 0 bridgehead atoms. The maximum absolute atomic E-state index is 5.49. The molecule has 1 aromatic heterocycles. The second kappa shape index (κ2) is 6.25. The molecule has 0 amide bonds. The Morgan fingerprint density at radius 2 is 2.14 bits per heavy atom. The minimum Gasteiger partial charge on any atom is -0.338 e. The summed E-state index contributed by atoms with van der Waals surface area (Å²) in [4.78, 5) is 6.64. The molecule has 2 heterocycles. The highest BCUT2D eigenvalue weighted by Gasteiger charge is 2.21. The Morgan fingerprint density at radius 3 is 2.76 bits per heavy atom. The summed E-state index contributed by atoms with van der Waals surface area (Å²) in [5, 5.41) is 3.96. The van der Waals surface area contributed by atoms with Crippen molar-refractivity contribution < 1.29 is 4.52 Å². The van der Waals surface area contributed by atoms with Gasteiger partial charge >= 0.3 is 0 Å². The number of rotatable bonds is 3. The van der Waals surface area contributed by atoms with E-state index < -0.39 is 0 Å². The van der Waals surface area contributed by atoms with Gasteiger partial charge in [-0.2, -0.15) is 4.98 Å². The van der Waals surface area contributed by atoms with E-state index in [1.807, 2.05) is 0 Å². The van der Waals surface area contributed by atoms with Crippen molar-refractivity contribution in [1.29, 1.82) is 0 Å². The lowest BCUT2D eigenvalue weighted by molar-refractivity contribution is 0.255. The highest BCUT2D eigenvalue weighted by Crippen LogP contribution is 2.34. The summed E-state index contributed by atoms with van der Waals surface area (Å²) in [7, 11) is 2.18. The van der Waals surface area contributed by atoms with Crippen LogP contribution in [0.5, 0.6) is 0 Å². The number of nitrogens with zero attached hydrogens (tertiary/aromatic N) is 3. The normalized spacial score (nSPS) is 17.3. The lowest BCUT2D eigenvalue weighted by Crippen LogP contribution is -2.29. The Balaban J connectivity index is 1.82. The Hall–Kier alpha value is -1.24. The summed E-state index contributed by atoms with van der Waals surface area (Å²) in [6, 6.07) is 6.30. The van der Waals surface area contributed by atoms with Gasteiger partial charge in [-0.3, -0.25) is 0 Å². The highest BCUT2D eigenvalue weighted by molar-refractivity contribution is 9.10. The van der Waals surface area contributed by atoms with Gasteiger partial charge in [-0.1, -0.05) is 33.2 Å². The van der Waals surface area contributed by atoms with E-state index >= 15 is 0 Å². The third-order valence-corrected chi connectivity index (χ3v) is 4.75. The Kier molecular flexibility index (Phi) is 4.37. The fourth-order valence-electron chi connectivity index (χ4n) is 2.77. The van der Waals surface area contributed by atoms with Gasteiger partial charge in [0, 0.05) is 10.0 Å². The third-order valence-electron chi connectivity index (χ3n) is 4.06. The quantitative estimate of drug-likeness (QED) is 0.921. The molecule has 21 heavy (non-hydrogen) atoms. The van der Waals surface area contributed by atoms with E-state index in [9.17, 15) is 0 Å². The average molecular weight is 351 g/mol. The zero-order valence-corrected chi connectivity index (χ0v) is 13.6. The smallest absolute Gasteiger partial charge is 0.240 e. The molecule has 1 saturated heterocycles. The predicted octanol–water partition coefficient (Wildman–Crippen LogP) is 2.77. The first-order valence-electron chi connectivity index (χ1n) is 7.18. The summed E-state index contributed by atoms with van der Waals surface area (Å²) in [6.45, 7) is 2.58. The molecular weight excluding hydrogens is 332 g/mol. The zero-order valence-electron chi connectivity index (χ0n) is 12.1. The molecule has 1 fully saturated rings. The van der Waals surface area contributed by atoms with Crippen LogP contribution in [0.25, 0.3) is 11.4 Å². The molecule has 0 radical (unpaired) electrons. The van der Waals surface area contributed by atoms with Gasteiger partial charge in [0.15, 0.2) is 0 Å². The van der Waals surface area contributed by atoms with E-state index in [0.29, 0.717) is 17.6 Å². The van der Waals surface area contributed by atoms with E-state index in [-0.39, 0.29) is 6.54 Å². The van der Waals surface area contributed by atoms with Gasteiger partial charge in [-0.15, -0.1) is 0 Å². The van der Waals surface area contributed by atoms with Crippen molar-refractivity contribution in [2.45, 2.75) is 25.3 Å². The summed E-state index contributed by atoms with van der Waals surface area (Å²) in [5.74, 6) is 1.67. The first kappa shape index (κ1) is 14.7. The van der Waals surface area contributed by atoms with Crippen LogP contribution in [0.2, 0.25) is 0 Å². The van der Waals surface area contributed by atoms with E-state index in [4.69, 9.17) is 10.3 Å². The molecule has 112 valence electrons. The van der Waals surface area contributed by atoms with E-state index in [1.54, 1.807) is 0 Å². The van der Waals surface area contributed by atoms with Crippen molar-refractivity contribution in [3.05, 3.63) is 34.1 Å². The summed E-state index contributed by atoms with van der Waals surface area (Å²) < 4.78 is 6.18. The number of piperidine rings is 1. The number of likely N-dealkylation sites (tertiary alicyclic amines) is 1. The molecule has 3 rings (SSSR count). The monoisotopic (exact) mass is 350 g/mol. The van der Waals surface area contributed by atoms with Crippen molar-refractivity contribution in [2.24, 2.45) is 5.73 Å². The number of hydrogen-bond donors (Lipinski definition) is 1. The van der Waals surface area contributed by atoms with Gasteiger partial charge < -0.3 is 15.2 Å². The Labute approximate surface area is 132 Å². The molecule has 6 heteroatoms. The molecule has 1 aromatic carbocycles. The first-order valence-corrected chi connectivity index (χ1v) is 7.97. The lowest BCUT2D eigenvalue weighted by atomic mass is 9.89.